The molecule has 116 valence electrons. The van der Waals surface area contributed by atoms with Gasteiger partial charge in [0.05, 0.1) is 6.26 Å². The molecule has 0 radical (unpaired) electrons. The lowest BCUT2D eigenvalue weighted by Crippen LogP contribution is -2.35. The summed E-state index contributed by atoms with van der Waals surface area (Å²) in [6, 6.07) is 6.47. The number of nitrogens with one attached hydrogen (secondary N) is 1. The Morgan fingerprint density at radius 1 is 1.48 bits per heavy atom. The first-order valence-electron chi connectivity index (χ1n) is 7.35. The number of fused-ring (bicyclic) bond motifs is 1. The lowest BCUT2D eigenvalue weighted by Gasteiger charge is -2.29. The van der Waals surface area contributed by atoms with Crippen molar-refractivity contribution in [3.8, 4) is 0 Å². The molecule has 1 aliphatic rings. The molecule has 1 N–H and O–H groups in total. The topological polar surface area (TPSA) is 49.4 Å². The molecule has 2 rings (SSSR count). The number of nitrogens with zero attached hydrogens (tertiary/aromatic N) is 1. The number of benzene rings is 1. The summed E-state index contributed by atoms with van der Waals surface area (Å²) < 4.78 is 24.9. The van der Waals surface area contributed by atoms with Gasteiger partial charge in [-0.2, -0.15) is 4.31 Å². The normalized spacial score (nSPS) is 17.0. The van der Waals surface area contributed by atoms with E-state index in [4.69, 9.17) is 0 Å². The van der Waals surface area contributed by atoms with Gasteiger partial charge in [-0.05, 0) is 43.4 Å². The van der Waals surface area contributed by atoms with Crippen LogP contribution in [-0.2, 0) is 23.0 Å². The van der Waals surface area contributed by atoms with Crippen LogP contribution in [0.3, 0.4) is 0 Å². The van der Waals surface area contributed by atoms with Crippen molar-refractivity contribution in [2.24, 2.45) is 0 Å². The molecule has 0 saturated carbocycles. The van der Waals surface area contributed by atoms with Crippen molar-refractivity contribution < 1.29 is 8.42 Å². The van der Waals surface area contributed by atoms with Crippen LogP contribution < -0.4 is 5.32 Å². The molecule has 4 nitrogen and oxygen atoms in total. The second-order valence-corrected chi connectivity index (χ2v) is 7.68. The maximum atomic E-state index is 11.7. The maximum absolute atomic E-state index is 11.7. The summed E-state index contributed by atoms with van der Waals surface area (Å²) in [5.41, 5.74) is 3.49. The molecule has 5 heteroatoms. The molecule has 0 spiro atoms. The fraction of sp³-hybridized carbons (Fsp3) is 0.500. The van der Waals surface area contributed by atoms with E-state index >= 15 is 0 Å². The van der Waals surface area contributed by atoms with E-state index < -0.39 is 10.0 Å². The van der Waals surface area contributed by atoms with Crippen LogP contribution in [0.15, 0.2) is 30.9 Å². The van der Waals surface area contributed by atoms with Gasteiger partial charge in [-0.15, -0.1) is 6.58 Å². The van der Waals surface area contributed by atoms with Crippen LogP contribution in [0.5, 0.6) is 0 Å². The molecule has 0 bridgehead atoms. The summed E-state index contributed by atoms with van der Waals surface area (Å²) in [7, 11) is -3.11. The zero-order valence-corrected chi connectivity index (χ0v) is 13.6. The molecule has 0 aromatic heterocycles. The van der Waals surface area contributed by atoms with Gasteiger partial charge in [-0.3, -0.25) is 0 Å². The predicted octanol–water partition coefficient (Wildman–Crippen LogP) is 2.77. The van der Waals surface area contributed by atoms with E-state index in [-0.39, 0.29) is 0 Å². The fourth-order valence-corrected chi connectivity index (χ4v) is 3.50. The lowest BCUT2D eigenvalue weighted by molar-refractivity contribution is 0.395. The van der Waals surface area contributed by atoms with Crippen molar-refractivity contribution in [3.63, 3.8) is 0 Å². The van der Waals surface area contributed by atoms with Gasteiger partial charge in [-0.1, -0.05) is 18.2 Å². The van der Waals surface area contributed by atoms with E-state index in [1.54, 1.807) is 4.31 Å². The van der Waals surface area contributed by atoms with Crippen molar-refractivity contribution in [1.82, 2.24) is 4.31 Å². The van der Waals surface area contributed by atoms with Crippen molar-refractivity contribution in [2.45, 2.75) is 38.8 Å². The summed E-state index contributed by atoms with van der Waals surface area (Å²) in [5, 5.41) is 3.54. The first kappa shape index (κ1) is 16.0. The Hall–Kier alpha value is -1.33. The Labute approximate surface area is 127 Å². The highest BCUT2D eigenvalue weighted by Gasteiger charge is 2.24. The highest BCUT2D eigenvalue weighted by Crippen LogP contribution is 2.28. The number of hydrogen-bond donors (Lipinski definition) is 1. The monoisotopic (exact) mass is 308 g/mol. The van der Waals surface area contributed by atoms with Crippen LogP contribution in [0.4, 0.5) is 5.69 Å². The quantitative estimate of drug-likeness (QED) is 0.822. The zero-order chi connectivity index (χ0) is 15.5. The third kappa shape index (κ3) is 4.08. The van der Waals surface area contributed by atoms with E-state index in [9.17, 15) is 8.42 Å². The molecule has 1 heterocycles. The van der Waals surface area contributed by atoms with Crippen LogP contribution in [0.1, 0.15) is 30.9 Å². The summed E-state index contributed by atoms with van der Waals surface area (Å²) in [6.45, 7) is 6.95. The van der Waals surface area contributed by atoms with Crippen molar-refractivity contribution in [1.29, 1.82) is 0 Å². The number of hydrogen-bond acceptors (Lipinski definition) is 3. The smallest absolute Gasteiger partial charge is 0.211 e. The Morgan fingerprint density at radius 2 is 2.24 bits per heavy atom. The van der Waals surface area contributed by atoms with E-state index in [2.05, 4.69) is 24.9 Å². The van der Waals surface area contributed by atoms with Crippen LogP contribution in [-0.4, -0.2) is 31.6 Å². The second-order valence-electron chi connectivity index (χ2n) is 5.70. The van der Waals surface area contributed by atoms with Gasteiger partial charge in [0.1, 0.15) is 0 Å². The van der Waals surface area contributed by atoms with Crippen molar-refractivity contribution >= 4 is 15.7 Å². The van der Waals surface area contributed by atoms with Gasteiger partial charge in [0.25, 0.3) is 0 Å². The molecule has 0 saturated heterocycles. The Bertz CT molecular complexity index is 611. The molecule has 21 heavy (non-hydrogen) atoms. The standard InChI is InChI=1S/C16H24N2O2S/c1-4-5-7-13(2)17-16-9-6-8-14-12-18(21(3,19)20)11-10-15(14)16/h4,6,8-9,13,17H,1,5,7,10-12H2,2-3H3. The van der Waals surface area contributed by atoms with Gasteiger partial charge < -0.3 is 5.32 Å². The summed E-state index contributed by atoms with van der Waals surface area (Å²) in [5.74, 6) is 0. The van der Waals surface area contributed by atoms with Crippen LogP contribution in [0.2, 0.25) is 0 Å². The Balaban J connectivity index is 2.15. The predicted molar refractivity (Wildman–Crippen MR) is 87.9 cm³/mol. The summed E-state index contributed by atoms with van der Waals surface area (Å²) in [4.78, 5) is 0. The molecule has 1 aromatic carbocycles. The van der Waals surface area contributed by atoms with Crippen molar-refractivity contribution in [3.05, 3.63) is 42.0 Å². The molecule has 0 amide bonds. The van der Waals surface area contributed by atoms with E-state index in [1.165, 1.54) is 11.8 Å². The molecule has 1 aromatic rings. The Morgan fingerprint density at radius 3 is 2.90 bits per heavy atom. The summed E-state index contributed by atoms with van der Waals surface area (Å²) >= 11 is 0. The zero-order valence-electron chi connectivity index (χ0n) is 12.8. The van der Waals surface area contributed by atoms with Crippen LogP contribution >= 0.6 is 0 Å². The molecular formula is C16H24N2O2S. The average molecular weight is 308 g/mol. The third-order valence-electron chi connectivity index (χ3n) is 3.91. The van der Waals surface area contributed by atoms with Crippen molar-refractivity contribution in [2.75, 3.05) is 18.1 Å². The molecular weight excluding hydrogens is 284 g/mol. The van der Waals surface area contributed by atoms with E-state index in [0.29, 0.717) is 19.1 Å². The number of rotatable bonds is 6. The minimum Gasteiger partial charge on any atom is -0.382 e. The van der Waals surface area contributed by atoms with Gasteiger partial charge in [0.2, 0.25) is 10.0 Å². The molecule has 1 atom stereocenters. The largest absolute Gasteiger partial charge is 0.382 e. The van der Waals surface area contributed by atoms with Gasteiger partial charge in [0, 0.05) is 24.8 Å². The number of allylic oxidation sites excluding steroid dienone is 1. The van der Waals surface area contributed by atoms with Gasteiger partial charge in [-0.25, -0.2) is 8.42 Å². The Kier molecular flexibility index (Phi) is 5.06. The minimum atomic E-state index is -3.11. The molecule has 1 unspecified atom stereocenters. The average Bonchev–Trinajstić information content (AvgIpc) is 2.44. The summed E-state index contributed by atoms with van der Waals surface area (Å²) in [6.07, 6.45) is 6.01. The fourth-order valence-electron chi connectivity index (χ4n) is 2.71. The van der Waals surface area contributed by atoms with Gasteiger partial charge in [0.15, 0.2) is 0 Å². The number of sulfonamides is 1. The minimum absolute atomic E-state index is 0.377. The molecule has 0 aliphatic carbocycles. The highest BCUT2D eigenvalue weighted by atomic mass is 32.2. The van der Waals surface area contributed by atoms with E-state index in [1.807, 2.05) is 18.2 Å². The molecule has 0 fully saturated rings. The second kappa shape index (κ2) is 6.62. The van der Waals surface area contributed by atoms with E-state index in [0.717, 1.165) is 30.5 Å². The lowest BCUT2D eigenvalue weighted by atomic mass is 9.98. The van der Waals surface area contributed by atoms with Crippen LogP contribution in [0, 0.1) is 0 Å². The highest BCUT2D eigenvalue weighted by molar-refractivity contribution is 7.88. The maximum Gasteiger partial charge on any atom is 0.211 e. The third-order valence-corrected chi connectivity index (χ3v) is 5.16. The van der Waals surface area contributed by atoms with Crippen LogP contribution in [0.25, 0.3) is 0 Å². The first-order valence-corrected chi connectivity index (χ1v) is 9.20. The molecule has 1 aliphatic heterocycles. The number of anilines is 1. The van der Waals surface area contributed by atoms with Gasteiger partial charge >= 0.3 is 0 Å². The SMILES string of the molecule is C=CCCC(C)Nc1cccc2c1CCN(S(C)(=O)=O)C2. The first-order chi connectivity index (χ1) is 9.91.